The number of aromatic nitrogens is 4. The van der Waals surface area contributed by atoms with Crippen LogP contribution >= 0.6 is 0 Å². The molecule has 4 aromatic heterocycles. The maximum Gasteiger partial charge on any atom is 2.00 e. The molecular weight excluding hydrogens is 791 g/mol. The van der Waals surface area contributed by atoms with Crippen molar-refractivity contribution in [2.45, 2.75) is 5.41 Å². The molecule has 1 aliphatic heterocycles. The summed E-state index contributed by atoms with van der Waals surface area (Å²) in [6.45, 7) is 0. The van der Waals surface area contributed by atoms with E-state index in [2.05, 4.69) is 161 Å². The summed E-state index contributed by atoms with van der Waals surface area (Å²) in [4.78, 5) is 10.3. The molecule has 0 unspecified atom stereocenters. The van der Waals surface area contributed by atoms with E-state index in [1.165, 1.54) is 16.7 Å². The van der Waals surface area contributed by atoms with Gasteiger partial charge in [-0.15, -0.1) is 29.7 Å². The van der Waals surface area contributed by atoms with Crippen LogP contribution < -0.4 is 4.74 Å². The Morgan fingerprint density at radius 1 is 0.544 bits per heavy atom. The molecule has 0 amide bonds. The topological polar surface area (TPSA) is 44.3 Å². The van der Waals surface area contributed by atoms with E-state index in [0.717, 1.165) is 71.8 Å². The van der Waals surface area contributed by atoms with Gasteiger partial charge in [0, 0.05) is 46.1 Å². The van der Waals surface area contributed by atoms with Crippen LogP contribution in [0, 0.1) is 12.1 Å². The molecule has 12 rings (SSSR count). The third-order valence-electron chi connectivity index (χ3n) is 11.5. The minimum Gasteiger partial charge on any atom is -0.503 e. The number of para-hydroxylation sites is 2. The van der Waals surface area contributed by atoms with Crippen LogP contribution in [0.5, 0.6) is 11.5 Å². The van der Waals surface area contributed by atoms with Crippen molar-refractivity contribution in [2.24, 2.45) is 0 Å². The third kappa shape index (κ3) is 4.79. The number of fused-ring (bicyclic) bond motifs is 11. The van der Waals surface area contributed by atoms with Crippen molar-refractivity contribution < 1.29 is 25.2 Å². The van der Waals surface area contributed by atoms with Gasteiger partial charge in [0.05, 0.1) is 16.8 Å². The summed E-state index contributed by atoms with van der Waals surface area (Å²) in [7, 11) is 0. The van der Waals surface area contributed by atoms with Gasteiger partial charge in [-0.05, 0) is 39.6 Å². The number of nitrogens with zero attached hydrogens (tertiary/aromatic N) is 4. The largest absolute Gasteiger partial charge is 2.00 e. The zero-order chi connectivity index (χ0) is 36.8. The van der Waals surface area contributed by atoms with E-state index in [-0.39, 0.29) is 20.4 Å². The van der Waals surface area contributed by atoms with Crippen molar-refractivity contribution in [2.75, 3.05) is 0 Å². The second kappa shape index (κ2) is 12.9. The van der Waals surface area contributed by atoms with Crippen molar-refractivity contribution in [3.8, 4) is 28.6 Å². The maximum absolute atomic E-state index is 6.68. The minimum absolute atomic E-state index is 0. The van der Waals surface area contributed by atoms with E-state index in [1.807, 2.05) is 42.6 Å². The quantitative estimate of drug-likeness (QED) is 0.0987. The van der Waals surface area contributed by atoms with Gasteiger partial charge in [0.25, 0.3) is 0 Å². The van der Waals surface area contributed by atoms with Crippen LogP contribution in [0.2, 0.25) is 0 Å². The Balaban J connectivity index is 0.00000374. The summed E-state index contributed by atoms with van der Waals surface area (Å²) in [5.74, 6) is 2.07. The molecule has 0 spiro atoms. The maximum atomic E-state index is 6.68. The standard InChI is InChI=1S/C51H30N4O.Pd/c1-4-14-33(15-5-1)45-32-54-46-24-11-10-20-39(46)38-27-25-36(30-42(38)49(54)53-45)56-37-26-28-40-41-21-12-22-43-48(41)55(47(40)31-37)50-44(23-13-29-52-50)51(43,34-16-6-2-7-17-34)35-18-8-3-9-19-35;/h1-29,32H;/q-2;+2. The molecule has 5 heterocycles. The second-order valence-corrected chi connectivity index (χ2v) is 14.4. The van der Waals surface area contributed by atoms with Gasteiger partial charge in [-0.3, -0.25) is 4.98 Å². The molecule has 11 aromatic rings. The zero-order valence-electron chi connectivity index (χ0n) is 30.3. The van der Waals surface area contributed by atoms with Gasteiger partial charge in [-0.1, -0.05) is 156 Å². The number of rotatable bonds is 5. The van der Waals surface area contributed by atoms with Crippen LogP contribution in [0.1, 0.15) is 22.3 Å². The Morgan fingerprint density at radius 3 is 1.96 bits per heavy atom. The van der Waals surface area contributed by atoms with Gasteiger partial charge < -0.3 is 13.7 Å². The molecule has 0 radical (unpaired) electrons. The smallest absolute Gasteiger partial charge is 0.503 e. The van der Waals surface area contributed by atoms with Crippen LogP contribution in [0.4, 0.5) is 0 Å². The van der Waals surface area contributed by atoms with Crippen LogP contribution in [0.3, 0.4) is 0 Å². The van der Waals surface area contributed by atoms with E-state index in [0.29, 0.717) is 11.5 Å². The van der Waals surface area contributed by atoms with Gasteiger partial charge in [0.1, 0.15) is 5.82 Å². The van der Waals surface area contributed by atoms with E-state index >= 15 is 0 Å². The molecule has 5 nitrogen and oxygen atoms in total. The molecule has 1 aliphatic rings. The summed E-state index contributed by atoms with van der Waals surface area (Å²) < 4.78 is 11.1. The molecule has 0 saturated carbocycles. The Kier molecular flexibility index (Phi) is 7.56. The van der Waals surface area contributed by atoms with Gasteiger partial charge in [0.15, 0.2) is 0 Å². The first-order chi connectivity index (χ1) is 27.8. The number of ether oxygens (including phenoxy) is 1. The molecule has 57 heavy (non-hydrogen) atoms. The number of imidazole rings is 1. The van der Waals surface area contributed by atoms with Crippen LogP contribution in [-0.2, 0) is 25.8 Å². The fourth-order valence-electron chi connectivity index (χ4n) is 9.18. The number of benzene rings is 7. The Hall–Kier alpha value is -6.84. The molecule has 0 atom stereocenters. The Labute approximate surface area is 342 Å². The van der Waals surface area contributed by atoms with Crippen LogP contribution in [0.15, 0.2) is 182 Å². The average molecular weight is 821 g/mol. The molecular formula is C51H30N4OPd. The Bertz CT molecular complexity index is 3300. The van der Waals surface area contributed by atoms with Gasteiger partial charge >= 0.3 is 20.4 Å². The summed E-state index contributed by atoms with van der Waals surface area (Å²) >= 11 is 0. The molecule has 7 aromatic carbocycles. The average Bonchev–Trinajstić information content (AvgIpc) is 3.87. The van der Waals surface area contributed by atoms with E-state index in [4.69, 9.17) is 14.7 Å². The van der Waals surface area contributed by atoms with Crippen molar-refractivity contribution in [3.05, 3.63) is 217 Å². The molecule has 0 N–H and O–H groups in total. The second-order valence-electron chi connectivity index (χ2n) is 14.4. The van der Waals surface area contributed by atoms with Crippen molar-refractivity contribution in [3.63, 3.8) is 0 Å². The predicted molar refractivity (Wildman–Crippen MR) is 224 cm³/mol. The first-order valence-electron chi connectivity index (χ1n) is 18.8. The van der Waals surface area contributed by atoms with E-state index in [9.17, 15) is 0 Å². The number of hydrogen-bond acceptors (Lipinski definition) is 3. The van der Waals surface area contributed by atoms with Crippen molar-refractivity contribution >= 4 is 49.1 Å². The van der Waals surface area contributed by atoms with Crippen molar-refractivity contribution in [1.29, 1.82) is 0 Å². The van der Waals surface area contributed by atoms with Gasteiger partial charge in [-0.25, -0.2) is 4.98 Å². The van der Waals surface area contributed by atoms with Crippen LogP contribution in [-0.4, -0.2) is 18.9 Å². The molecule has 0 saturated heterocycles. The summed E-state index contributed by atoms with van der Waals surface area (Å²) in [5.41, 5.74) is 10.1. The first kappa shape index (κ1) is 33.5. The summed E-state index contributed by atoms with van der Waals surface area (Å²) in [6, 6.07) is 66.9. The molecule has 0 bridgehead atoms. The minimum atomic E-state index is -0.585. The van der Waals surface area contributed by atoms with Gasteiger partial charge in [0.2, 0.25) is 0 Å². The van der Waals surface area contributed by atoms with E-state index < -0.39 is 5.41 Å². The third-order valence-corrected chi connectivity index (χ3v) is 11.5. The first-order valence-corrected chi connectivity index (χ1v) is 18.8. The molecule has 0 aliphatic carbocycles. The van der Waals surface area contributed by atoms with Crippen molar-refractivity contribution in [1.82, 2.24) is 18.9 Å². The SMILES string of the molecule is [Pd+2].[c-]1c(Oc2[c-]c3c(cc2)c2cccc4c2n3-c2ncccc2C4(c2ccccc2)c2ccccc2)ccc2c1c1nc(-c3ccccc3)cn1c1ccccc21. The molecule has 6 heteroatoms. The van der Waals surface area contributed by atoms with Gasteiger partial charge in [-0.2, -0.15) is 6.07 Å². The predicted octanol–water partition coefficient (Wildman–Crippen LogP) is 11.9. The van der Waals surface area contributed by atoms with E-state index in [1.54, 1.807) is 0 Å². The molecule has 270 valence electrons. The normalized spacial score (nSPS) is 12.9. The van der Waals surface area contributed by atoms with Crippen LogP contribution in [0.25, 0.3) is 66.2 Å². The fraction of sp³-hybridized carbons (Fsp3) is 0.0196. The zero-order valence-corrected chi connectivity index (χ0v) is 31.9. The number of hydrogen-bond donors (Lipinski definition) is 0. The fourth-order valence-corrected chi connectivity index (χ4v) is 9.18. The number of pyridine rings is 2. The monoisotopic (exact) mass is 820 g/mol. The summed E-state index contributed by atoms with van der Waals surface area (Å²) in [6.07, 6.45) is 4.00. The summed E-state index contributed by atoms with van der Waals surface area (Å²) in [5, 5.41) is 5.33. The Morgan fingerprint density at radius 2 is 1.19 bits per heavy atom. The molecule has 0 fully saturated rings.